The highest BCUT2D eigenvalue weighted by Crippen LogP contribution is 2.25. The molecule has 1 aliphatic heterocycles. The van der Waals surface area contributed by atoms with Crippen LogP contribution in [0.4, 0.5) is 5.69 Å². The molecule has 0 N–H and O–H groups in total. The lowest BCUT2D eigenvalue weighted by atomic mass is 9.87. The van der Waals surface area contributed by atoms with Gasteiger partial charge in [-0.15, -0.1) is 0 Å². The van der Waals surface area contributed by atoms with Gasteiger partial charge in [-0.25, -0.2) is 4.79 Å². The number of benzene rings is 2. The summed E-state index contributed by atoms with van der Waals surface area (Å²) in [6.45, 7) is 4.43. The van der Waals surface area contributed by atoms with Gasteiger partial charge >= 0.3 is 5.97 Å². The molecule has 0 aromatic heterocycles. The van der Waals surface area contributed by atoms with Gasteiger partial charge in [-0.3, -0.25) is 9.59 Å². The van der Waals surface area contributed by atoms with E-state index in [0.717, 1.165) is 18.8 Å². The number of rotatable bonds is 7. The Balaban J connectivity index is 1.93. The minimum atomic E-state index is -1.22. The van der Waals surface area contributed by atoms with Crippen LogP contribution in [0.2, 0.25) is 0 Å². The number of esters is 1. The highest BCUT2D eigenvalue weighted by atomic mass is 16.5. The van der Waals surface area contributed by atoms with Crippen molar-refractivity contribution in [2.24, 2.45) is 0 Å². The molecule has 146 valence electrons. The number of carbonyl (C=O) groups is 3. The Morgan fingerprint density at radius 1 is 1.04 bits per heavy atom. The second kappa shape index (κ2) is 9.28. The molecule has 1 atom stereocenters. The van der Waals surface area contributed by atoms with Crippen LogP contribution in [0.3, 0.4) is 0 Å². The van der Waals surface area contributed by atoms with E-state index < -0.39 is 23.5 Å². The molecule has 1 saturated heterocycles. The molecule has 0 spiro atoms. The number of nitrogens with zero attached hydrogens (tertiary/aromatic N) is 1. The third kappa shape index (κ3) is 4.46. The standard InChI is InChI=1S/C22H23NO5/c1-2-28-22(26)21(25)19(16-7-4-3-5-8-16)20(24)17-9-6-10-18(15-17)23-11-13-27-14-12-23/h3-10,15,19H,2,11-14H2,1H3. The van der Waals surface area contributed by atoms with E-state index in [1.54, 1.807) is 55.5 Å². The van der Waals surface area contributed by atoms with Gasteiger partial charge in [0.1, 0.15) is 5.92 Å². The lowest BCUT2D eigenvalue weighted by Crippen LogP contribution is -2.36. The van der Waals surface area contributed by atoms with E-state index in [1.165, 1.54) is 0 Å². The second-order valence-corrected chi connectivity index (χ2v) is 6.44. The van der Waals surface area contributed by atoms with Crippen molar-refractivity contribution in [3.05, 3.63) is 65.7 Å². The molecule has 0 aliphatic carbocycles. The molecular formula is C22H23NO5. The van der Waals surface area contributed by atoms with Gasteiger partial charge in [0.15, 0.2) is 5.78 Å². The van der Waals surface area contributed by atoms with Gasteiger partial charge in [0.2, 0.25) is 0 Å². The monoisotopic (exact) mass is 381 g/mol. The largest absolute Gasteiger partial charge is 0.460 e. The highest BCUT2D eigenvalue weighted by molar-refractivity contribution is 6.41. The molecule has 1 fully saturated rings. The minimum Gasteiger partial charge on any atom is -0.460 e. The fourth-order valence-electron chi connectivity index (χ4n) is 3.23. The van der Waals surface area contributed by atoms with Gasteiger partial charge in [-0.1, -0.05) is 42.5 Å². The summed E-state index contributed by atoms with van der Waals surface area (Å²) >= 11 is 0. The molecule has 6 heteroatoms. The van der Waals surface area contributed by atoms with E-state index in [9.17, 15) is 14.4 Å². The summed E-state index contributed by atoms with van der Waals surface area (Å²) in [5.74, 6) is -3.48. The maximum atomic E-state index is 13.3. The van der Waals surface area contributed by atoms with Crippen LogP contribution in [0.1, 0.15) is 28.8 Å². The Morgan fingerprint density at radius 3 is 2.43 bits per heavy atom. The lowest BCUT2D eigenvalue weighted by molar-refractivity contribution is -0.153. The van der Waals surface area contributed by atoms with E-state index in [4.69, 9.17) is 9.47 Å². The zero-order chi connectivity index (χ0) is 19.9. The van der Waals surface area contributed by atoms with Crippen molar-refractivity contribution in [2.75, 3.05) is 37.8 Å². The molecule has 2 aromatic carbocycles. The number of hydrogen-bond donors (Lipinski definition) is 0. The number of hydrogen-bond acceptors (Lipinski definition) is 6. The molecule has 1 heterocycles. The first kappa shape index (κ1) is 19.8. The van der Waals surface area contributed by atoms with E-state index in [0.29, 0.717) is 24.3 Å². The van der Waals surface area contributed by atoms with Crippen molar-refractivity contribution in [1.82, 2.24) is 0 Å². The third-order valence-corrected chi connectivity index (χ3v) is 4.64. The second-order valence-electron chi connectivity index (χ2n) is 6.44. The topological polar surface area (TPSA) is 72.9 Å². The van der Waals surface area contributed by atoms with Crippen LogP contribution < -0.4 is 4.90 Å². The fourth-order valence-corrected chi connectivity index (χ4v) is 3.23. The number of carbonyl (C=O) groups excluding carboxylic acids is 3. The van der Waals surface area contributed by atoms with E-state index in [1.807, 2.05) is 6.07 Å². The Morgan fingerprint density at radius 2 is 1.75 bits per heavy atom. The van der Waals surface area contributed by atoms with Crippen LogP contribution >= 0.6 is 0 Å². The maximum Gasteiger partial charge on any atom is 0.375 e. The molecule has 3 rings (SSSR count). The predicted molar refractivity (Wildman–Crippen MR) is 105 cm³/mol. The zero-order valence-corrected chi connectivity index (χ0v) is 15.8. The van der Waals surface area contributed by atoms with Gasteiger partial charge in [0.05, 0.1) is 19.8 Å². The SMILES string of the molecule is CCOC(=O)C(=O)C(C(=O)c1cccc(N2CCOCC2)c1)c1ccccc1. The van der Waals surface area contributed by atoms with Crippen molar-refractivity contribution in [3.63, 3.8) is 0 Å². The summed E-state index contributed by atoms with van der Waals surface area (Å²) in [5.41, 5.74) is 1.75. The number of ether oxygens (including phenoxy) is 2. The number of morpholine rings is 1. The maximum absolute atomic E-state index is 13.3. The van der Waals surface area contributed by atoms with Crippen molar-refractivity contribution in [1.29, 1.82) is 0 Å². The first-order chi connectivity index (χ1) is 13.6. The van der Waals surface area contributed by atoms with Crippen LogP contribution in [-0.4, -0.2) is 50.4 Å². The number of Topliss-reactive ketones (excluding diaryl/α,β-unsaturated/α-hetero) is 2. The summed E-state index contributed by atoms with van der Waals surface area (Å²) in [4.78, 5) is 40.2. The lowest BCUT2D eigenvalue weighted by Gasteiger charge is -2.29. The summed E-state index contributed by atoms with van der Waals surface area (Å²) < 4.78 is 10.2. The van der Waals surface area contributed by atoms with Gasteiger partial charge in [0, 0.05) is 24.3 Å². The fraction of sp³-hybridized carbons (Fsp3) is 0.318. The van der Waals surface area contributed by atoms with E-state index in [2.05, 4.69) is 4.90 Å². The summed E-state index contributed by atoms with van der Waals surface area (Å²) in [6, 6.07) is 15.7. The van der Waals surface area contributed by atoms with E-state index in [-0.39, 0.29) is 6.61 Å². The van der Waals surface area contributed by atoms with Gasteiger partial charge in [-0.2, -0.15) is 0 Å². The smallest absolute Gasteiger partial charge is 0.375 e. The van der Waals surface area contributed by atoms with Gasteiger partial charge in [-0.05, 0) is 24.6 Å². The summed E-state index contributed by atoms with van der Waals surface area (Å²) in [5, 5.41) is 0. The van der Waals surface area contributed by atoms with Crippen LogP contribution in [0.15, 0.2) is 54.6 Å². The molecule has 2 aromatic rings. The number of ketones is 2. The Hall–Kier alpha value is -2.99. The minimum absolute atomic E-state index is 0.0762. The molecule has 1 unspecified atom stereocenters. The average molecular weight is 381 g/mol. The highest BCUT2D eigenvalue weighted by Gasteiger charge is 2.34. The first-order valence-electron chi connectivity index (χ1n) is 9.34. The van der Waals surface area contributed by atoms with Crippen molar-refractivity contribution >= 4 is 23.2 Å². The van der Waals surface area contributed by atoms with Crippen LogP contribution in [0.25, 0.3) is 0 Å². The molecule has 0 saturated carbocycles. The van der Waals surface area contributed by atoms with Crippen LogP contribution in [0.5, 0.6) is 0 Å². The predicted octanol–water partition coefficient (Wildman–Crippen LogP) is 2.62. The van der Waals surface area contributed by atoms with Crippen LogP contribution in [0, 0.1) is 0 Å². The normalized spacial score (nSPS) is 15.0. The molecule has 6 nitrogen and oxygen atoms in total. The Bertz CT molecular complexity index is 843. The molecule has 0 radical (unpaired) electrons. The molecule has 0 bridgehead atoms. The first-order valence-corrected chi connectivity index (χ1v) is 9.34. The summed E-state index contributed by atoms with van der Waals surface area (Å²) in [6.07, 6.45) is 0. The van der Waals surface area contributed by atoms with Crippen molar-refractivity contribution in [3.8, 4) is 0 Å². The van der Waals surface area contributed by atoms with Crippen LogP contribution in [-0.2, 0) is 19.1 Å². The third-order valence-electron chi connectivity index (χ3n) is 4.64. The molecule has 1 aliphatic rings. The summed E-state index contributed by atoms with van der Waals surface area (Å²) in [7, 11) is 0. The molecule has 0 amide bonds. The molecule has 28 heavy (non-hydrogen) atoms. The van der Waals surface area contributed by atoms with Gasteiger partial charge < -0.3 is 14.4 Å². The van der Waals surface area contributed by atoms with Crippen molar-refractivity contribution < 1.29 is 23.9 Å². The molecular weight excluding hydrogens is 358 g/mol. The zero-order valence-electron chi connectivity index (χ0n) is 15.8. The quantitative estimate of drug-likeness (QED) is 0.318. The Labute approximate surface area is 164 Å². The average Bonchev–Trinajstić information content (AvgIpc) is 2.75. The van der Waals surface area contributed by atoms with E-state index >= 15 is 0 Å². The van der Waals surface area contributed by atoms with Gasteiger partial charge in [0.25, 0.3) is 5.78 Å². The number of anilines is 1. The van der Waals surface area contributed by atoms with Crippen molar-refractivity contribution in [2.45, 2.75) is 12.8 Å². The Kier molecular flexibility index (Phi) is 6.55.